The molecule has 1 fully saturated rings. The number of ether oxygens (including phenoxy) is 1. The zero-order chi connectivity index (χ0) is 16.1. The Bertz CT molecular complexity index is 568. The van der Waals surface area contributed by atoms with Crippen LogP contribution >= 0.6 is 0 Å². The van der Waals surface area contributed by atoms with Crippen LogP contribution in [0.1, 0.15) is 11.7 Å². The third-order valence-corrected chi connectivity index (χ3v) is 3.36. The maximum Gasteiger partial charge on any atom is 0.242 e. The molecule has 1 aliphatic rings. The Labute approximate surface area is 126 Å². The smallest absolute Gasteiger partial charge is 0.242 e. The van der Waals surface area contributed by atoms with Crippen molar-refractivity contribution in [2.75, 3.05) is 32.8 Å². The van der Waals surface area contributed by atoms with E-state index in [1.807, 2.05) is 0 Å². The molecule has 1 saturated heterocycles. The summed E-state index contributed by atoms with van der Waals surface area (Å²) in [7, 11) is 0. The molecule has 120 valence electrons. The number of amides is 2. The molecular weight excluding hydrogens is 296 g/mol. The highest BCUT2D eigenvalue weighted by atomic mass is 19.2. The molecular formula is C14H17F2N3O3. The third-order valence-electron chi connectivity index (χ3n) is 3.36. The minimum Gasteiger partial charge on any atom is -0.370 e. The van der Waals surface area contributed by atoms with Gasteiger partial charge in [-0.05, 0) is 17.7 Å². The number of rotatable bonds is 4. The number of nitrogens with one attached hydrogen (secondary N) is 1. The molecule has 0 aromatic heterocycles. The van der Waals surface area contributed by atoms with Crippen molar-refractivity contribution in [3.05, 3.63) is 35.4 Å². The van der Waals surface area contributed by atoms with Gasteiger partial charge in [-0.25, -0.2) is 8.78 Å². The lowest BCUT2D eigenvalue weighted by Gasteiger charge is -2.33. The van der Waals surface area contributed by atoms with Crippen molar-refractivity contribution in [2.24, 2.45) is 5.73 Å². The van der Waals surface area contributed by atoms with Crippen LogP contribution in [0.25, 0.3) is 0 Å². The van der Waals surface area contributed by atoms with E-state index in [-0.39, 0.29) is 32.1 Å². The van der Waals surface area contributed by atoms with Crippen LogP contribution < -0.4 is 11.1 Å². The first-order chi connectivity index (χ1) is 10.5. The van der Waals surface area contributed by atoms with Crippen LogP contribution in [0.2, 0.25) is 0 Å². The molecule has 1 aromatic carbocycles. The van der Waals surface area contributed by atoms with Crippen molar-refractivity contribution in [3.8, 4) is 0 Å². The van der Waals surface area contributed by atoms with Crippen molar-refractivity contribution in [1.82, 2.24) is 10.2 Å². The fourth-order valence-electron chi connectivity index (χ4n) is 2.15. The summed E-state index contributed by atoms with van der Waals surface area (Å²) in [4.78, 5) is 24.5. The van der Waals surface area contributed by atoms with Crippen LogP contribution in [-0.2, 0) is 14.3 Å². The van der Waals surface area contributed by atoms with Crippen molar-refractivity contribution in [2.45, 2.75) is 6.10 Å². The minimum atomic E-state index is -0.959. The van der Waals surface area contributed by atoms with E-state index in [1.54, 1.807) is 0 Å². The quantitative estimate of drug-likeness (QED) is 0.815. The Morgan fingerprint density at radius 3 is 2.82 bits per heavy atom. The van der Waals surface area contributed by atoms with Crippen LogP contribution in [0.3, 0.4) is 0 Å². The van der Waals surface area contributed by atoms with Crippen LogP contribution in [0.4, 0.5) is 8.78 Å². The number of halogens is 2. The molecule has 1 aliphatic heterocycles. The first-order valence-corrected chi connectivity index (χ1v) is 6.82. The van der Waals surface area contributed by atoms with Crippen molar-refractivity contribution in [3.63, 3.8) is 0 Å². The molecule has 1 aromatic rings. The van der Waals surface area contributed by atoms with Crippen molar-refractivity contribution >= 4 is 11.8 Å². The summed E-state index contributed by atoms with van der Waals surface area (Å²) in [6.07, 6.45) is -0.530. The van der Waals surface area contributed by atoms with Gasteiger partial charge in [0.1, 0.15) is 6.10 Å². The van der Waals surface area contributed by atoms with E-state index >= 15 is 0 Å². The van der Waals surface area contributed by atoms with Gasteiger partial charge < -0.3 is 20.7 Å². The zero-order valence-corrected chi connectivity index (χ0v) is 11.9. The first kappa shape index (κ1) is 16.3. The van der Waals surface area contributed by atoms with Gasteiger partial charge in [-0.3, -0.25) is 9.59 Å². The molecule has 22 heavy (non-hydrogen) atoms. The second-order valence-electron chi connectivity index (χ2n) is 4.85. The number of benzene rings is 1. The Balaban J connectivity index is 1.97. The molecule has 1 unspecified atom stereocenters. The Morgan fingerprint density at radius 1 is 1.36 bits per heavy atom. The van der Waals surface area contributed by atoms with Gasteiger partial charge in [-0.1, -0.05) is 6.07 Å². The summed E-state index contributed by atoms with van der Waals surface area (Å²) in [5.41, 5.74) is 5.60. The van der Waals surface area contributed by atoms with Crippen LogP contribution in [-0.4, -0.2) is 49.5 Å². The van der Waals surface area contributed by atoms with Gasteiger partial charge in [0.2, 0.25) is 11.8 Å². The molecule has 0 bridgehead atoms. The lowest BCUT2D eigenvalue weighted by atomic mass is 10.1. The molecule has 1 atom stereocenters. The molecule has 0 spiro atoms. The van der Waals surface area contributed by atoms with Crippen molar-refractivity contribution in [1.29, 1.82) is 0 Å². The SMILES string of the molecule is NCC(=O)NCC(=O)N1CCOC(c2ccc(F)c(F)c2)C1. The summed E-state index contributed by atoms with van der Waals surface area (Å²) in [5.74, 6) is -2.59. The monoisotopic (exact) mass is 313 g/mol. The second-order valence-corrected chi connectivity index (χ2v) is 4.85. The highest BCUT2D eigenvalue weighted by molar-refractivity contribution is 5.85. The number of hydrogen-bond acceptors (Lipinski definition) is 4. The fraction of sp³-hybridized carbons (Fsp3) is 0.429. The molecule has 8 heteroatoms. The molecule has 2 rings (SSSR count). The van der Waals surface area contributed by atoms with E-state index in [0.717, 1.165) is 12.1 Å². The molecule has 0 saturated carbocycles. The summed E-state index contributed by atoms with van der Waals surface area (Å²) in [5, 5.41) is 2.40. The number of morpholine rings is 1. The number of carbonyl (C=O) groups is 2. The Hall–Kier alpha value is -2.06. The lowest BCUT2D eigenvalue weighted by Crippen LogP contribution is -2.47. The molecule has 1 heterocycles. The average Bonchev–Trinajstić information content (AvgIpc) is 2.54. The highest BCUT2D eigenvalue weighted by Gasteiger charge is 2.26. The predicted molar refractivity (Wildman–Crippen MR) is 73.7 cm³/mol. The Kier molecular flexibility index (Phi) is 5.40. The highest BCUT2D eigenvalue weighted by Crippen LogP contribution is 2.23. The van der Waals surface area contributed by atoms with E-state index in [1.165, 1.54) is 11.0 Å². The predicted octanol–water partition coefficient (Wildman–Crippen LogP) is -0.0604. The molecule has 0 radical (unpaired) electrons. The van der Waals surface area contributed by atoms with Gasteiger partial charge in [-0.2, -0.15) is 0 Å². The molecule has 2 amide bonds. The standard InChI is InChI=1S/C14H17F2N3O3/c15-10-2-1-9(5-11(10)16)12-8-19(3-4-22-12)14(21)7-18-13(20)6-17/h1-2,5,12H,3-4,6-8,17H2,(H,18,20). The third kappa shape index (κ3) is 3.99. The first-order valence-electron chi connectivity index (χ1n) is 6.82. The van der Waals surface area contributed by atoms with Crippen molar-refractivity contribution < 1.29 is 23.1 Å². The molecule has 6 nitrogen and oxygen atoms in total. The van der Waals surface area contributed by atoms with Gasteiger partial charge in [0.15, 0.2) is 11.6 Å². The largest absolute Gasteiger partial charge is 0.370 e. The number of nitrogens with zero attached hydrogens (tertiary/aromatic N) is 1. The van der Waals surface area contributed by atoms with Gasteiger partial charge in [0.05, 0.1) is 26.2 Å². The molecule has 0 aliphatic carbocycles. The van der Waals surface area contributed by atoms with E-state index in [2.05, 4.69) is 5.32 Å². The number of nitrogens with two attached hydrogens (primary N) is 1. The lowest BCUT2D eigenvalue weighted by molar-refractivity contribution is -0.139. The van der Waals surface area contributed by atoms with Gasteiger partial charge in [0.25, 0.3) is 0 Å². The second kappa shape index (κ2) is 7.28. The van der Waals surface area contributed by atoms with Gasteiger partial charge in [-0.15, -0.1) is 0 Å². The topological polar surface area (TPSA) is 84.7 Å². The zero-order valence-electron chi connectivity index (χ0n) is 11.9. The fourth-order valence-corrected chi connectivity index (χ4v) is 2.15. The van der Waals surface area contributed by atoms with Crippen LogP contribution in [0, 0.1) is 11.6 Å². The maximum atomic E-state index is 13.3. The maximum absolute atomic E-state index is 13.3. The van der Waals surface area contributed by atoms with E-state index in [9.17, 15) is 18.4 Å². The number of hydrogen-bond donors (Lipinski definition) is 2. The summed E-state index contributed by atoms with van der Waals surface area (Å²) in [6.45, 7) is 0.522. The minimum absolute atomic E-state index is 0.152. The van der Waals surface area contributed by atoms with E-state index in [4.69, 9.17) is 10.5 Å². The van der Waals surface area contributed by atoms with Crippen LogP contribution in [0.5, 0.6) is 0 Å². The molecule has 3 N–H and O–H groups in total. The summed E-state index contributed by atoms with van der Waals surface area (Å²) in [6, 6.07) is 3.51. The van der Waals surface area contributed by atoms with Gasteiger partial charge in [0, 0.05) is 6.54 Å². The Morgan fingerprint density at radius 2 is 2.14 bits per heavy atom. The summed E-state index contributed by atoms with van der Waals surface area (Å²) >= 11 is 0. The van der Waals surface area contributed by atoms with E-state index < -0.39 is 23.6 Å². The van der Waals surface area contributed by atoms with E-state index in [0.29, 0.717) is 12.1 Å². The van der Waals surface area contributed by atoms with Crippen LogP contribution in [0.15, 0.2) is 18.2 Å². The number of carbonyl (C=O) groups excluding carboxylic acids is 2. The average molecular weight is 313 g/mol. The van der Waals surface area contributed by atoms with Gasteiger partial charge >= 0.3 is 0 Å². The summed E-state index contributed by atoms with van der Waals surface area (Å²) < 4.78 is 31.7. The normalized spacial score (nSPS) is 18.1.